The van der Waals surface area contributed by atoms with Crippen LogP contribution in [0.4, 0.5) is 11.4 Å². The number of hydrogen-bond acceptors (Lipinski definition) is 6. The molecular weight excluding hydrogens is 588 g/mol. The third kappa shape index (κ3) is 14.8. The molecule has 37 heavy (non-hydrogen) atoms. The number of nitrogens with zero attached hydrogens (tertiary/aromatic N) is 5. The maximum absolute atomic E-state index is 4.76. The molecule has 0 spiro atoms. The van der Waals surface area contributed by atoms with E-state index in [9.17, 15) is 0 Å². The Labute approximate surface area is 250 Å². The summed E-state index contributed by atoms with van der Waals surface area (Å²) in [4.78, 5) is 10.1. The topological polar surface area (TPSA) is 25.3 Å². The number of alkyl halides is 2. The standard InChI is InChI=1S/C13H19BrN2.C13H20N2.CH2Cl2.BHNS/c1-2-7-15-8-10-16(11-9-15)13-5-3-12(14)4-6-13;1-2-8-14-9-11-15(12-10-14)13-6-4-3-5-7-13;2-1-3;1-2-3/h3-6H,2,7-11H2,1H3;3-7H,2,8-12H2,1H3;1H2;3H. The molecule has 0 amide bonds. The predicted octanol–water partition coefficient (Wildman–Crippen LogP) is 6.80. The van der Waals surface area contributed by atoms with Gasteiger partial charge in [0.05, 0.1) is 5.34 Å². The van der Waals surface area contributed by atoms with Crippen LogP contribution in [0, 0.1) is 0 Å². The Morgan fingerprint density at radius 1 is 0.730 bits per heavy atom. The van der Waals surface area contributed by atoms with Gasteiger partial charge in [0.25, 0.3) is 0 Å². The molecule has 2 aliphatic heterocycles. The quantitative estimate of drug-likeness (QED) is 0.216. The van der Waals surface area contributed by atoms with Crippen LogP contribution in [0.5, 0.6) is 0 Å². The molecule has 205 valence electrons. The molecule has 2 saturated heterocycles. The second-order valence-electron chi connectivity index (χ2n) is 8.69. The number of anilines is 2. The molecule has 4 rings (SSSR count). The summed E-state index contributed by atoms with van der Waals surface area (Å²) >= 11 is 16.2. The first-order valence-corrected chi connectivity index (χ1v) is 15.2. The molecule has 2 aromatic rings. The molecule has 2 heterocycles. The van der Waals surface area contributed by atoms with Gasteiger partial charge in [-0.3, -0.25) is 9.80 Å². The van der Waals surface area contributed by atoms with Gasteiger partial charge in [-0.1, -0.05) is 48.0 Å². The third-order valence-corrected chi connectivity index (χ3v) is 6.67. The fourth-order valence-electron chi connectivity index (χ4n) is 4.38. The van der Waals surface area contributed by atoms with Crippen molar-refractivity contribution in [2.45, 2.75) is 26.7 Å². The van der Waals surface area contributed by atoms with Crippen LogP contribution in [0.15, 0.2) is 63.4 Å². The molecule has 2 aromatic carbocycles. The normalized spacial score (nSPS) is 15.8. The van der Waals surface area contributed by atoms with Crippen LogP contribution in [0.1, 0.15) is 26.7 Å². The van der Waals surface area contributed by atoms with E-state index < -0.39 is 0 Å². The van der Waals surface area contributed by atoms with Gasteiger partial charge in [0.1, 0.15) is 0 Å². The van der Waals surface area contributed by atoms with E-state index in [2.05, 4.69) is 129 Å². The van der Waals surface area contributed by atoms with E-state index in [4.69, 9.17) is 23.2 Å². The number of hydrogen-bond donors (Lipinski definition) is 1. The van der Waals surface area contributed by atoms with E-state index in [1.165, 1.54) is 76.6 Å². The van der Waals surface area contributed by atoms with E-state index in [0.717, 1.165) is 17.6 Å². The molecule has 0 aliphatic carbocycles. The molecule has 2 aliphatic rings. The molecule has 0 aromatic heterocycles. The number of thiol groups is 1. The van der Waals surface area contributed by atoms with Crippen molar-refractivity contribution in [3.05, 3.63) is 59.1 Å². The van der Waals surface area contributed by atoms with E-state index in [1.807, 2.05) is 0 Å². The summed E-state index contributed by atoms with van der Waals surface area (Å²) < 4.78 is 3.85. The Kier molecular flexibility index (Phi) is 20.5. The first-order chi connectivity index (χ1) is 18.0. The molecule has 5 nitrogen and oxygen atoms in total. The Bertz CT molecular complexity index is 806. The van der Waals surface area contributed by atoms with Crippen LogP contribution < -0.4 is 9.80 Å². The Balaban J connectivity index is 0.000000306. The zero-order valence-electron chi connectivity index (χ0n) is 22.3. The number of benzene rings is 2. The number of para-hydroxylation sites is 1. The van der Waals surface area contributed by atoms with Crippen molar-refractivity contribution in [2.75, 3.05) is 80.6 Å². The predicted molar refractivity (Wildman–Crippen MR) is 172 cm³/mol. The average molecular weight is 630 g/mol. The van der Waals surface area contributed by atoms with Crippen LogP contribution >= 0.6 is 51.9 Å². The van der Waals surface area contributed by atoms with Gasteiger partial charge >= 0.3 is 24.8 Å². The van der Waals surface area contributed by atoms with E-state index in [1.54, 1.807) is 0 Å². The molecule has 1 radical (unpaired) electrons. The summed E-state index contributed by atoms with van der Waals surface area (Å²) in [6.45, 7) is 16.5. The molecular formula is C27H42BBrCl2N5S. The Hall–Kier alpha value is -0.765. The molecule has 2 fully saturated rings. The number of halogens is 3. The monoisotopic (exact) mass is 628 g/mol. The first kappa shape index (κ1) is 34.3. The molecule has 10 heteroatoms. The van der Waals surface area contributed by atoms with Gasteiger partial charge in [0.15, 0.2) is 0 Å². The summed E-state index contributed by atoms with van der Waals surface area (Å²) in [5.74, 6) is 0. The summed E-state index contributed by atoms with van der Waals surface area (Å²) in [7, 11) is 4.34. The van der Waals surface area contributed by atoms with E-state index >= 15 is 0 Å². The third-order valence-electron chi connectivity index (χ3n) is 6.14. The van der Waals surface area contributed by atoms with Crippen LogP contribution in [0.3, 0.4) is 0 Å². The van der Waals surface area contributed by atoms with Crippen molar-refractivity contribution >= 4 is 71.0 Å². The van der Waals surface area contributed by atoms with Crippen molar-refractivity contribution in [3.8, 4) is 0 Å². The van der Waals surface area contributed by atoms with Crippen molar-refractivity contribution in [1.29, 1.82) is 0 Å². The molecule has 0 unspecified atom stereocenters. The average Bonchev–Trinajstić information content (AvgIpc) is 2.92. The minimum atomic E-state index is 0.194. The number of rotatable bonds is 6. The number of piperazine rings is 2. The summed E-state index contributed by atoms with van der Waals surface area (Å²) in [6.07, 6.45) is 2.53. The van der Waals surface area contributed by atoms with Gasteiger partial charge < -0.3 is 9.80 Å². The zero-order chi connectivity index (χ0) is 27.3. The maximum atomic E-state index is 4.76. The van der Waals surface area contributed by atoms with Gasteiger partial charge in [0.2, 0.25) is 0 Å². The van der Waals surface area contributed by atoms with Gasteiger partial charge in [-0.05, 0) is 62.3 Å². The summed E-state index contributed by atoms with van der Waals surface area (Å²) in [5, 5.41) is 0.194. The molecule has 0 atom stereocenters. The van der Waals surface area contributed by atoms with Gasteiger partial charge in [0, 0.05) is 68.2 Å². The SMILES string of the molecule is CCCN1CCN(c2ccc(Br)cc2)CC1.CCCN1CCN(c2ccccc2)CC1.ClCCl.[B]=NS. The van der Waals surface area contributed by atoms with E-state index in [0.29, 0.717) is 0 Å². The first-order valence-electron chi connectivity index (χ1n) is 12.9. The van der Waals surface area contributed by atoms with Crippen molar-refractivity contribution in [3.63, 3.8) is 0 Å². The summed E-state index contributed by atoms with van der Waals surface area (Å²) in [5.41, 5.74) is 2.72. The second kappa shape index (κ2) is 22.1. The Morgan fingerprint density at radius 2 is 1.08 bits per heavy atom. The zero-order valence-corrected chi connectivity index (χ0v) is 26.3. The molecule has 0 bridgehead atoms. The van der Waals surface area contributed by atoms with Crippen LogP contribution in [-0.4, -0.2) is 88.2 Å². The van der Waals surface area contributed by atoms with Crippen LogP contribution in [0.25, 0.3) is 0 Å². The van der Waals surface area contributed by atoms with Crippen molar-refractivity contribution in [1.82, 2.24) is 9.80 Å². The fraction of sp³-hybridized carbons (Fsp3) is 0.556. The van der Waals surface area contributed by atoms with Gasteiger partial charge in [-0.2, -0.15) is 0 Å². The van der Waals surface area contributed by atoms with Crippen molar-refractivity contribution in [2.24, 2.45) is 4.30 Å². The van der Waals surface area contributed by atoms with Gasteiger partial charge in [-0.25, -0.2) is 0 Å². The minimum absolute atomic E-state index is 0.194. The van der Waals surface area contributed by atoms with Crippen molar-refractivity contribution < 1.29 is 0 Å². The molecule has 0 N–H and O–H groups in total. The van der Waals surface area contributed by atoms with Crippen LogP contribution in [0.2, 0.25) is 0 Å². The molecule has 0 saturated carbocycles. The Morgan fingerprint density at radius 3 is 1.43 bits per heavy atom. The second-order valence-corrected chi connectivity index (χ2v) is 10.6. The van der Waals surface area contributed by atoms with Crippen LogP contribution in [-0.2, 0) is 0 Å². The summed E-state index contributed by atoms with van der Waals surface area (Å²) in [6, 6.07) is 19.4. The van der Waals surface area contributed by atoms with E-state index in [-0.39, 0.29) is 5.34 Å². The fourth-order valence-corrected chi connectivity index (χ4v) is 4.65. The van der Waals surface area contributed by atoms with Gasteiger partial charge in [-0.15, -0.1) is 23.2 Å².